The number of amides is 1. The van der Waals surface area contributed by atoms with Gasteiger partial charge in [0.25, 0.3) is 0 Å². The molecule has 0 aliphatic carbocycles. The number of carbonyl (C=O) groups excluding carboxylic acids is 2. The maximum absolute atomic E-state index is 12.2. The molecule has 0 spiro atoms. The zero-order valence-electron chi connectivity index (χ0n) is 15.9. The second-order valence-corrected chi connectivity index (χ2v) is 7.09. The van der Waals surface area contributed by atoms with Crippen LogP contribution in [-0.2, 0) is 30.0 Å². The van der Waals surface area contributed by atoms with Crippen molar-refractivity contribution in [1.29, 1.82) is 0 Å². The Bertz CT molecular complexity index is 978. The first-order valence-electron chi connectivity index (χ1n) is 8.57. The summed E-state index contributed by atoms with van der Waals surface area (Å²) in [6.45, 7) is 0. The highest BCUT2D eigenvalue weighted by molar-refractivity contribution is 7.99. The van der Waals surface area contributed by atoms with Gasteiger partial charge in [-0.1, -0.05) is 11.8 Å². The number of methoxy groups -OCH3 is 1. The molecule has 3 aromatic rings. The highest BCUT2D eigenvalue weighted by atomic mass is 32.2. The molecule has 0 aliphatic heterocycles. The second-order valence-electron chi connectivity index (χ2n) is 6.15. The van der Waals surface area contributed by atoms with E-state index in [1.165, 1.54) is 18.9 Å². The van der Waals surface area contributed by atoms with Gasteiger partial charge < -0.3 is 19.2 Å². The number of nitrogens with zero attached hydrogens (tertiary/aromatic N) is 4. The molecule has 0 fully saturated rings. The third-order valence-electron chi connectivity index (χ3n) is 4.24. The zero-order valence-corrected chi connectivity index (χ0v) is 16.7. The van der Waals surface area contributed by atoms with Crippen LogP contribution in [0.5, 0.6) is 0 Å². The Kier molecular flexibility index (Phi) is 6.15. The number of rotatable bonds is 7. The van der Waals surface area contributed by atoms with Gasteiger partial charge in [0.2, 0.25) is 5.91 Å². The van der Waals surface area contributed by atoms with Gasteiger partial charge in [0.05, 0.1) is 18.4 Å². The Morgan fingerprint density at radius 1 is 1.14 bits per heavy atom. The lowest BCUT2D eigenvalue weighted by Crippen LogP contribution is -2.14. The van der Waals surface area contributed by atoms with Gasteiger partial charge >= 0.3 is 5.97 Å². The summed E-state index contributed by atoms with van der Waals surface area (Å²) in [5.41, 5.74) is 2.18. The van der Waals surface area contributed by atoms with Crippen LogP contribution >= 0.6 is 11.8 Å². The molecule has 0 saturated heterocycles. The lowest BCUT2D eigenvalue weighted by atomic mass is 10.2. The number of hydrogen-bond donors (Lipinski definition) is 1. The van der Waals surface area contributed by atoms with E-state index >= 15 is 0 Å². The predicted octanol–water partition coefficient (Wildman–Crippen LogP) is 2.26. The highest BCUT2D eigenvalue weighted by Crippen LogP contribution is 2.18. The Morgan fingerprint density at radius 2 is 1.89 bits per heavy atom. The van der Waals surface area contributed by atoms with Crippen LogP contribution in [0.25, 0.3) is 0 Å². The van der Waals surface area contributed by atoms with Crippen molar-refractivity contribution in [2.75, 3.05) is 18.2 Å². The zero-order chi connectivity index (χ0) is 20.1. The van der Waals surface area contributed by atoms with Gasteiger partial charge in [-0.2, -0.15) is 0 Å². The molecule has 28 heavy (non-hydrogen) atoms. The van der Waals surface area contributed by atoms with Crippen molar-refractivity contribution in [3.05, 3.63) is 59.7 Å². The second kappa shape index (κ2) is 8.75. The van der Waals surface area contributed by atoms with Gasteiger partial charge in [-0.05, 0) is 36.4 Å². The topological polar surface area (TPSA) is 91.0 Å². The average Bonchev–Trinajstić information content (AvgIpc) is 3.26. The van der Waals surface area contributed by atoms with Crippen LogP contribution in [0.1, 0.15) is 21.9 Å². The molecule has 0 saturated carbocycles. The number of ether oxygens (including phenoxy) is 1. The standard InChI is InChI=1S/C19H21N5O3S/c1-23-10-4-5-15(23)11-16-21-22-19(24(16)2)28-12-17(25)20-14-8-6-13(7-9-14)18(26)27-3/h4-10H,11-12H2,1-3H3,(H,20,25). The largest absolute Gasteiger partial charge is 0.465 e. The quantitative estimate of drug-likeness (QED) is 0.484. The number of benzene rings is 1. The van der Waals surface area contributed by atoms with Gasteiger partial charge in [-0.25, -0.2) is 4.79 Å². The molecule has 0 atom stereocenters. The summed E-state index contributed by atoms with van der Waals surface area (Å²) in [5.74, 6) is 0.460. The normalized spacial score (nSPS) is 10.7. The van der Waals surface area contributed by atoms with Crippen molar-refractivity contribution in [3.8, 4) is 0 Å². The summed E-state index contributed by atoms with van der Waals surface area (Å²) >= 11 is 1.32. The van der Waals surface area contributed by atoms with Gasteiger partial charge in [-0.15, -0.1) is 10.2 Å². The molecule has 146 valence electrons. The fourth-order valence-corrected chi connectivity index (χ4v) is 3.33. The van der Waals surface area contributed by atoms with E-state index in [4.69, 9.17) is 0 Å². The maximum atomic E-state index is 12.2. The van der Waals surface area contributed by atoms with Crippen LogP contribution in [0.15, 0.2) is 47.8 Å². The molecule has 9 heteroatoms. The van der Waals surface area contributed by atoms with E-state index in [0.717, 1.165) is 11.5 Å². The molecule has 2 aromatic heterocycles. The van der Waals surface area contributed by atoms with E-state index in [2.05, 4.69) is 20.3 Å². The summed E-state index contributed by atoms with van der Waals surface area (Å²) in [6, 6.07) is 10.6. The Hall–Kier alpha value is -3.07. The number of esters is 1. The van der Waals surface area contributed by atoms with Gasteiger partial charge in [-0.3, -0.25) is 4.79 Å². The first kappa shape index (κ1) is 19.7. The number of aryl methyl sites for hydroxylation is 1. The molecule has 1 aromatic carbocycles. The van der Waals surface area contributed by atoms with Crippen LogP contribution in [0, 0.1) is 0 Å². The fourth-order valence-electron chi connectivity index (χ4n) is 2.60. The number of thioether (sulfide) groups is 1. The van der Waals surface area contributed by atoms with E-state index < -0.39 is 5.97 Å². The Morgan fingerprint density at radius 3 is 2.54 bits per heavy atom. The Balaban J connectivity index is 1.55. The number of aromatic nitrogens is 4. The van der Waals surface area contributed by atoms with Crippen LogP contribution in [0.2, 0.25) is 0 Å². The first-order valence-corrected chi connectivity index (χ1v) is 9.56. The number of hydrogen-bond acceptors (Lipinski definition) is 6. The molecule has 0 unspecified atom stereocenters. The van der Waals surface area contributed by atoms with E-state index in [1.807, 2.05) is 41.6 Å². The highest BCUT2D eigenvalue weighted by Gasteiger charge is 2.13. The predicted molar refractivity (Wildman–Crippen MR) is 106 cm³/mol. The van der Waals surface area contributed by atoms with Gasteiger partial charge in [0.15, 0.2) is 5.16 Å². The van der Waals surface area contributed by atoms with Crippen LogP contribution in [0.4, 0.5) is 5.69 Å². The number of anilines is 1. The van der Waals surface area contributed by atoms with Crippen molar-refractivity contribution in [2.24, 2.45) is 14.1 Å². The number of carbonyl (C=O) groups is 2. The molecule has 1 N–H and O–H groups in total. The molecule has 0 radical (unpaired) electrons. The molecule has 8 nitrogen and oxygen atoms in total. The van der Waals surface area contributed by atoms with Crippen molar-refractivity contribution >= 4 is 29.3 Å². The summed E-state index contributed by atoms with van der Waals surface area (Å²) < 4.78 is 8.59. The monoisotopic (exact) mass is 399 g/mol. The molecule has 0 aliphatic rings. The molecular formula is C19H21N5O3S. The summed E-state index contributed by atoms with van der Waals surface area (Å²) in [5, 5.41) is 11.9. The lowest BCUT2D eigenvalue weighted by Gasteiger charge is -2.07. The summed E-state index contributed by atoms with van der Waals surface area (Å²) in [6.07, 6.45) is 2.66. The van der Waals surface area contributed by atoms with E-state index in [9.17, 15) is 9.59 Å². The van der Waals surface area contributed by atoms with Gasteiger partial charge in [0, 0.05) is 38.1 Å². The van der Waals surface area contributed by atoms with E-state index in [0.29, 0.717) is 22.8 Å². The molecule has 0 bridgehead atoms. The van der Waals surface area contributed by atoms with Crippen molar-refractivity contribution < 1.29 is 14.3 Å². The summed E-state index contributed by atoms with van der Waals surface area (Å²) in [4.78, 5) is 23.6. The minimum atomic E-state index is -0.415. The van der Waals surface area contributed by atoms with Gasteiger partial charge in [0.1, 0.15) is 5.82 Å². The lowest BCUT2D eigenvalue weighted by molar-refractivity contribution is -0.113. The smallest absolute Gasteiger partial charge is 0.337 e. The SMILES string of the molecule is COC(=O)c1ccc(NC(=O)CSc2nnc(Cc3cccn3C)n2C)cc1. The van der Waals surface area contributed by atoms with Crippen LogP contribution in [-0.4, -0.2) is 44.1 Å². The third kappa shape index (κ3) is 4.61. The fraction of sp³-hybridized carbons (Fsp3) is 0.263. The molecule has 2 heterocycles. The molecule has 3 rings (SSSR count). The van der Waals surface area contributed by atoms with Crippen LogP contribution in [0.3, 0.4) is 0 Å². The van der Waals surface area contributed by atoms with E-state index in [-0.39, 0.29) is 11.7 Å². The van der Waals surface area contributed by atoms with Crippen LogP contribution < -0.4 is 5.32 Å². The summed E-state index contributed by atoms with van der Waals surface area (Å²) in [7, 11) is 5.21. The minimum absolute atomic E-state index is 0.164. The number of nitrogens with one attached hydrogen (secondary N) is 1. The molecular weight excluding hydrogens is 378 g/mol. The first-order chi connectivity index (χ1) is 13.5. The van der Waals surface area contributed by atoms with E-state index in [1.54, 1.807) is 24.3 Å². The third-order valence-corrected chi connectivity index (χ3v) is 5.26. The average molecular weight is 399 g/mol. The molecule has 1 amide bonds. The Labute approximate surface area is 166 Å². The maximum Gasteiger partial charge on any atom is 0.337 e. The van der Waals surface area contributed by atoms with Crippen molar-refractivity contribution in [1.82, 2.24) is 19.3 Å². The minimum Gasteiger partial charge on any atom is -0.465 e. The van der Waals surface area contributed by atoms with Crippen molar-refractivity contribution in [3.63, 3.8) is 0 Å². The van der Waals surface area contributed by atoms with Crippen molar-refractivity contribution in [2.45, 2.75) is 11.6 Å².